The standard InChI is InChI=1S/C24H22ClF3N4O5/c1-31-19(24(26,27)28)18(21(34)32(2)23(31)37)13-8-6-12(7-9-13)10-16(22(35)36)30-20(33)17-14(11-29)4-3-5-15(17)25/h3-9,16H,10-11,29H2,1-2H3,(H,30,33)(H,35,36)/t16-/m0/s1. The zero-order valence-electron chi connectivity index (χ0n) is 19.6. The van der Waals surface area contributed by atoms with Crippen LogP contribution in [0.25, 0.3) is 11.1 Å². The van der Waals surface area contributed by atoms with E-state index in [2.05, 4.69) is 5.32 Å². The van der Waals surface area contributed by atoms with E-state index in [-0.39, 0.29) is 29.1 Å². The molecular formula is C24H22ClF3N4O5. The molecule has 0 aliphatic heterocycles. The Balaban J connectivity index is 1.95. The fraction of sp³-hybridized carbons (Fsp3) is 0.250. The van der Waals surface area contributed by atoms with E-state index in [1.807, 2.05) is 0 Å². The lowest BCUT2D eigenvalue weighted by Crippen LogP contribution is -2.42. The number of benzene rings is 2. The van der Waals surface area contributed by atoms with Crippen molar-refractivity contribution in [2.45, 2.75) is 25.2 Å². The van der Waals surface area contributed by atoms with Crippen molar-refractivity contribution in [1.82, 2.24) is 14.5 Å². The Morgan fingerprint density at radius 3 is 2.24 bits per heavy atom. The average molecular weight is 539 g/mol. The van der Waals surface area contributed by atoms with Crippen LogP contribution in [0.3, 0.4) is 0 Å². The third kappa shape index (κ3) is 5.59. The van der Waals surface area contributed by atoms with Crippen LogP contribution in [0.4, 0.5) is 13.2 Å². The first kappa shape index (κ1) is 27.7. The highest BCUT2D eigenvalue weighted by Gasteiger charge is 2.39. The molecule has 1 aromatic heterocycles. The van der Waals surface area contributed by atoms with Gasteiger partial charge in [0.2, 0.25) is 0 Å². The predicted octanol–water partition coefficient (Wildman–Crippen LogP) is 2.31. The highest BCUT2D eigenvalue weighted by molar-refractivity contribution is 6.34. The molecular weight excluding hydrogens is 517 g/mol. The number of hydrogen-bond donors (Lipinski definition) is 3. The van der Waals surface area contributed by atoms with Gasteiger partial charge >= 0.3 is 17.8 Å². The maximum atomic E-state index is 13.7. The number of carbonyl (C=O) groups is 2. The summed E-state index contributed by atoms with van der Waals surface area (Å²) in [5.41, 5.74) is 1.94. The normalized spacial score (nSPS) is 12.3. The summed E-state index contributed by atoms with van der Waals surface area (Å²) in [6, 6.07) is 8.33. The monoisotopic (exact) mass is 538 g/mol. The molecule has 0 unspecified atom stereocenters. The van der Waals surface area contributed by atoms with E-state index in [9.17, 15) is 37.5 Å². The molecule has 37 heavy (non-hydrogen) atoms. The summed E-state index contributed by atoms with van der Waals surface area (Å²) in [4.78, 5) is 49.2. The minimum absolute atomic E-state index is 0.00697. The summed E-state index contributed by atoms with van der Waals surface area (Å²) in [6.07, 6.45) is -5.21. The summed E-state index contributed by atoms with van der Waals surface area (Å²) >= 11 is 6.10. The average Bonchev–Trinajstić information content (AvgIpc) is 2.83. The number of hydrogen-bond acceptors (Lipinski definition) is 5. The first-order valence-electron chi connectivity index (χ1n) is 10.8. The Bertz CT molecular complexity index is 1480. The molecule has 13 heteroatoms. The van der Waals surface area contributed by atoms with Gasteiger partial charge in [0.25, 0.3) is 11.5 Å². The van der Waals surface area contributed by atoms with E-state index in [1.54, 1.807) is 12.1 Å². The van der Waals surface area contributed by atoms with Crippen LogP contribution in [0.1, 0.15) is 27.2 Å². The van der Waals surface area contributed by atoms with Crippen molar-refractivity contribution >= 4 is 23.5 Å². The predicted molar refractivity (Wildman–Crippen MR) is 129 cm³/mol. The largest absolute Gasteiger partial charge is 0.480 e. The molecule has 0 saturated carbocycles. The van der Waals surface area contributed by atoms with Crippen molar-refractivity contribution in [3.8, 4) is 11.1 Å². The molecule has 4 N–H and O–H groups in total. The van der Waals surface area contributed by atoms with Gasteiger partial charge in [-0.3, -0.25) is 18.7 Å². The van der Waals surface area contributed by atoms with Crippen molar-refractivity contribution < 1.29 is 27.9 Å². The molecule has 1 heterocycles. The quantitative estimate of drug-likeness (QED) is 0.422. The number of carboxylic acid groups (broad SMARTS) is 1. The van der Waals surface area contributed by atoms with Crippen LogP contribution in [0.2, 0.25) is 5.02 Å². The summed E-state index contributed by atoms with van der Waals surface area (Å²) in [6.45, 7) is -0.00697. The van der Waals surface area contributed by atoms with Crippen molar-refractivity contribution in [1.29, 1.82) is 0 Å². The molecule has 1 atom stereocenters. The third-order valence-corrected chi connectivity index (χ3v) is 6.08. The number of nitrogens with zero attached hydrogens (tertiary/aromatic N) is 2. The Morgan fingerprint density at radius 2 is 1.70 bits per heavy atom. The summed E-state index contributed by atoms with van der Waals surface area (Å²) in [5.74, 6) is -2.11. The highest BCUT2D eigenvalue weighted by atomic mass is 35.5. The molecule has 2 aromatic carbocycles. The van der Waals surface area contributed by atoms with Gasteiger partial charge in [0, 0.05) is 27.1 Å². The number of halogens is 4. The topological polar surface area (TPSA) is 136 Å². The molecule has 1 amide bonds. The van der Waals surface area contributed by atoms with Gasteiger partial charge < -0.3 is 16.2 Å². The Kier molecular flexibility index (Phi) is 7.94. The lowest BCUT2D eigenvalue weighted by Gasteiger charge is -2.18. The minimum Gasteiger partial charge on any atom is -0.480 e. The fourth-order valence-electron chi connectivity index (χ4n) is 3.90. The molecule has 3 aromatic rings. The van der Waals surface area contributed by atoms with Gasteiger partial charge in [0.1, 0.15) is 11.7 Å². The lowest BCUT2D eigenvalue weighted by atomic mass is 9.99. The maximum absolute atomic E-state index is 13.7. The van der Waals surface area contributed by atoms with Crippen LogP contribution >= 0.6 is 11.6 Å². The number of amides is 1. The van der Waals surface area contributed by atoms with Gasteiger partial charge in [-0.15, -0.1) is 0 Å². The molecule has 3 rings (SSSR count). The molecule has 0 spiro atoms. The van der Waals surface area contributed by atoms with Crippen LogP contribution < -0.4 is 22.3 Å². The SMILES string of the molecule is Cn1c(C(F)(F)F)c(-c2ccc(C[C@H](NC(=O)c3c(Cl)cccc3CN)C(=O)O)cc2)c(=O)n(C)c1=O. The first-order chi connectivity index (χ1) is 17.3. The van der Waals surface area contributed by atoms with Crippen LogP contribution in [0.5, 0.6) is 0 Å². The number of rotatable bonds is 7. The van der Waals surface area contributed by atoms with Crippen LogP contribution in [-0.4, -0.2) is 32.2 Å². The highest BCUT2D eigenvalue weighted by Crippen LogP contribution is 2.34. The molecule has 0 radical (unpaired) electrons. The number of aliphatic carboxylic acids is 1. The second kappa shape index (κ2) is 10.6. The number of carboxylic acids is 1. The minimum atomic E-state index is -4.99. The summed E-state index contributed by atoms with van der Waals surface area (Å²) in [5, 5.41) is 12.1. The summed E-state index contributed by atoms with van der Waals surface area (Å²) in [7, 11) is 1.98. The lowest BCUT2D eigenvalue weighted by molar-refractivity contribution is -0.143. The van der Waals surface area contributed by atoms with Crippen LogP contribution in [0.15, 0.2) is 52.1 Å². The van der Waals surface area contributed by atoms with E-state index < -0.39 is 46.6 Å². The van der Waals surface area contributed by atoms with E-state index in [0.717, 1.165) is 14.1 Å². The second-order valence-corrected chi connectivity index (χ2v) is 8.58. The number of alkyl halides is 3. The zero-order valence-corrected chi connectivity index (χ0v) is 20.4. The van der Waals surface area contributed by atoms with Gasteiger partial charge in [-0.25, -0.2) is 9.59 Å². The molecule has 0 aliphatic rings. The fourth-order valence-corrected chi connectivity index (χ4v) is 4.18. The van der Waals surface area contributed by atoms with Crippen LogP contribution in [-0.2, 0) is 38.0 Å². The molecule has 0 fully saturated rings. The van der Waals surface area contributed by atoms with E-state index in [1.165, 1.54) is 30.3 Å². The number of nitrogens with one attached hydrogen (secondary N) is 1. The van der Waals surface area contributed by atoms with Crippen LogP contribution in [0, 0.1) is 0 Å². The van der Waals surface area contributed by atoms with Crippen molar-refractivity contribution in [3.63, 3.8) is 0 Å². The van der Waals surface area contributed by atoms with Gasteiger partial charge in [-0.1, -0.05) is 48.0 Å². The van der Waals surface area contributed by atoms with E-state index in [0.29, 0.717) is 20.3 Å². The van der Waals surface area contributed by atoms with Gasteiger partial charge in [-0.05, 0) is 22.8 Å². The molecule has 0 bridgehead atoms. The Labute approximate surface area is 212 Å². The smallest absolute Gasteiger partial charge is 0.432 e. The summed E-state index contributed by atoms with van der Waals surface area (Å²) < 4.78 is 42.1. The zero-order chi connectivity index (χ0) is 27.7. The Hall–Kier alpha value is -3.90. The van der Waals surface area contributed by atoms with Gasteiger partial charge in [0.05, 0.1) is 16.1 Å². The first-order valence-corrected chi connectivity index (χ1v) is 11.1. The molecule has 0 aliphatic carbocycles. The van der Waals surface area contributed by atoms with E-state index in [4.69, 9.17) is 17.3 Å². The van der Waals surface area contributed by atoms with Crippen molar-refractivity contribution in [3.05, 3.63) is 90.7 Å². The maximum Gasteiger partial charge on any atom is 0.432 e. The van der Waals surface area contributed by atoms with Gasteiger partial charge in [-0.2, -0.15) is 13.2 Å². The Morgan fingerprint density at radius 1 is 1.08 bits per heavy atom. The number of aromatic nitrogens is 2. The third-order valence-electron chi connectivity index (χ3n) is 5.77. The van der Waals surface area contributed by atoms with E-state index >= 15 is 0 Å². The molecule has 196 valence electrons. The second-order valence-electron chi connectivity index (χ2n) is 8.17. The van der Waals surface area contributed by atoms with Gasteiger partial charge in [0.15, 0.2) is 0 Å². The molecule has 0 saturated heterocycles. The van der Waals surface area contributed by atoms with Crippen molar-refractivity contribution in [2.24, 2.45) is 19.8 Å². The van der Waals surface area contributed by atoms with Crippen molar-refractivity contribution in [2.75, 3.05) is 0 Å². The number of nitrogens with two attached hydrogens (primary N) is 1. The number of carbonyl (C=O) groups excluding carboxylic acids is 1. The molecule has 9 nitrogen and oxygen atoms in total.